The first-order chi connectivity index (χ1) is 13.4. The second kappa shape index (κ2) is 7.27. The maximum atomic E-state index is 12.2. The van der Waals surface area contributed by atoms with Crippen molar-refractivity contribution in [3.8, 4) is 11.5 Å². The van der Waals surface area contributed by atoms with Crippen LogP contribution in [0.4, 0.5) is 0 Å². The average molecular weight is 399 g/mol. The quantitative estimate of drug-likeness (QED) is 0.792. The van der Waals surface area contributed by atoms with Crippen molar-refractivity contribution in [2.24, 2.45) is 4.40 Å². The lowest BCUT2D eigenvalue weighted by molar-refractivity contribution is -0.131. The molecule has 2 aromatic rings. The third kappa shape index (κ3) is 3.73. The summed E-state index contributed by atoms with van der Waals surface area (Å²) in [5, 5.41) is 0. The fraction of sp³-hybridized carbons (Fsp3) is 0.300. The van der Waals surface area contributed by atoms with Crippen molar-refractivity contribution in [2.75, 3.05) is 25.4 Å². The smallest absolute Gasteiger partial charge is 0.256 e. The molecule has 1 amide bonds. The number of rotatable bonds is 3. The Kier molecular flexibility index (Phi) is 4.80. The van der Waals surface area contributed by atoms with E-state index < -0.39 is 16.1 Å². The highest BCUT2D eigenvalue weighted by atomic mass is 32.2. The van der Waals surface area contributed by atoms with E-state index in [1.807, 2.05) is 59.5 Å². The van der Waals surface area contributed by atoms with Crippen molar-refractivity contribution in [2.45, 2.75) is 13.0 Å². The molecule has 2 aromatic carbocycles. The molecule has 2 aliphatic rings. The Hall–Kier alpha value is -2.87. The van der Waals surface area contributed by atoms with Crippen LogP contribution in [0.25, 0.3) is 0 Å². The predicted octanol–water partition coefficient (Wildman–Crippen LogP) is 2.43. The highest BCUT2D eigenvalue weighted by molar-refractivity contribution is 7.90. The lowest BCUT2D eigenvalue weighted by Gasteiger charge is -2.44. The summed E-state index contributed by atoms with van der Waals surface area (Å²) in [4.78, 5) is 15.8. The Balaban J connectivity index is 1.67. The maximum Gasteiger partial charge on any atom is 0.256 e. The number of carbonyl (C=O) groups is 1. The first-order valence-electron chi connectivity index (χ1n) is 9.10. The van der Waals surface area contributed by atoms with Crippen molar-refractivity contribution >= 4 is 21.8 Å². The van der Waals surface area contributed by atoms with E-state index in [0.717, 1.165) is 11.3 Å². The molecule has 0 aliphatic carbocycles. The predicted molar refractivity (Wildman–Crippen MR) is 106 cm³/mol. The van der Waals surface area contributed by atoms with Gasteiger partial charge in [0, 0.05) is 26.6 Å². The van der Waals surface area contributed by atoms with E-state index >= 15 is 0 Å². The molecule has 2 aliphatic heterocycles. The summed E-state index contributed by atoms with van der Waals surface area (Å²) in [6.45, 7) is 3.01. The van der Waals surface area contributed by atoms with Gasteiger partial charge in [-0.05, 0) is 29.8 Å². The van der Waals surface area contributed by atoms with E-state index in [1.54, 1.807) is 4.90 Å². The minimum absolute atomic E-state index is 0.00709. The summed E-state index contributed by atoms with van der Waals surface area (Å²) in [5.41, 5.74) is 0.802. The number of piperazine rings is 1. The van der Waals surface area contributed by atoms with Crippen LogP contribution < -0.4 is 4.74 Å². The lowest BCUT2D eigenvalue weighted by Crippen LogP contribution is -2.56. The van der Waals surface area contributed by atoms with Crippen molar-refractivity contribution in [1.29, 1.82) is 0 Å². The normalized spacial score (nSPS) is 20.9. The van der Waals surface area contributed by atoms with Crippen LogP contribution in [0, 0.1) is 0 Å². The molecule has 0 bridgehead atoms. The van der Waals surface area contributed by atoms with E-state index in [9.17, 15) is 13.2 Å². The molecular formula is C20H21N3O4S. The van der Waals surface area contributed by atoms with Crippen LogP contribution in [-0.4, -0.2) is 55.3 Å². The summed E-state index contributed by atoms with van der Waals surface area (Å²) in [6, 6.07) is 16.3. The SMILES string of the molecule is CC(=O)N1CCN2CCS(=O)(=O)N=C2[C@H]1c1ccc(Oc2ccccc2)cc1. The van der Waals surface area contributed by atoms with Crippen molar-refractivity contribution in [3.05, 3.63) is 60.2 Å². The van der Waals surface area contributed by atoms with Gasteiger partial charge in [0.25, 0.3) is 10.0 Å². The number of amides is 1. The molecule has 28 heavy (non-hydrogen) atoms. The number of para-hydroxylation sites is 1. The van der Waals surface area contributed by atoms with Crippen LogP contribution in [0.3, 0.4) is 0 Å². The number of ether oxygens (including phenoxy) is 1. The number of hydrogen-bond acceptors (Lipinski definition) is 5. The van der Waals surface area contributed by atoms with Crippen LogP contribution in [0.1, 0.15) is 18.5 Å². The first kappa shape index (κ1) is 18.5. The summed E-state index contributed by atoms with van der Waals surface area (Å²) in [6.07, 6.45) is 0. The average Bonchev–Trinajstić information content (AvgIpc) is 2.68. The number of benzene rings is 2. The molecule has 4 rings (SSSR count). The Bertz CT molecular complexity index is 1000. The van der Waals surface area contributed by atoms with Gasteiger partial charge in [-0.3, -0.25) is 4.79 Å². The van der Waals surface area contributed by atoms with E-state index in [-0.39, 0.29) is 11.7 Å². The molecule has 8 heteroatoms. The van der Waals surface area contributed by atoms with Gasteiger partial charge >= 0.3 is 0 Å². The van der Waals surface area contributed by atoms with Crippen LogP contribution in [0.15, 0.2) is 59.0 Å². The van der Waals surface area contributed by atoms with E-state index in [4.69, 9.17) is 4.74 Å². The first-order valence-corrected chi connectivity index (χ1v) is 10.7. The number of fused-ring (bicyclic) bond motifs is 1. The Morgan fingerprint density at radius 1 is 1.00 bits per heavy atom. The summed E-state index contributed by atoms with van der Waals surface area (Å²) in [5.74, 6) is 1.71. The number of nitrogens with zero attached hydrogens (tertiary/aromatic N) is 3. The molecule has 7 nitrogen and oxygen atoms in total. The molecule has 0 N–H and O–H groups in total. The van der Waals surface area contributed by atoms with Crippen LogP contribution >= 0.6 is 0 Å². The van der Waals surface area contributed by atoms with Crippen molar-refractivity contribution in [3.63, 3.8) is 0 Å². The molecule has 0 spiro atoms. The van der Waals surface area contributed by atoms with Gasteiger partial charge < -0.3 is 14.5 Å². The van der Waals surface area contributed by atoms with Crippen LogP contribution in [0.2, 0.25) is 0 Å². The highest BCUT2D eigenvalue weighted by Crippen LogP contribution is 2.32. The van der Waals surface area contributed by atoms with Gasteiger partial charge in [0.05, 0.1) is 5.75 Å². The Morgan fingerprint density at radius 2 is 1.68 bits per heavy atom. The molecule has 146 valence electrons. The zero-order chi connectivity index (χ0) is 19.7. The third-order valence-electron chi connectivity index (χ3n) is 4.92. The number of carbonyl (C=O) groups excluding carboxylic acids is 1. The largest absolute Gasteiger partial charge is 0.457 e. The van der Waals surface area contributed by atoms with Crippen molar-refractivity contribution in [1.82, 2.24) is 9.80 Å². The molecule has 2 heterocycles. The zero-order valence-corrected chi connectivity index (χ0v) is 16.3. The topological polar surface area (TPSA) is 79.3 Å². The minimum Gasteiger partial charge on any atom is -0.457 e. The van der Waals surface area contributed by atoms with Crippen LogP contribution in [-0.2, 0) is 14.8 Å². The lowest BCUT2D eigenvalue weighted by atomic mass is 10.0. The standard InChI is InChI=1S/C20H21N3O4S/c1-15(24)23-12-11-22-13-14-28(25,26)21-20(22)19(23)16-7-9-18(10-8-16)27-17-5-3-2-4-6-17/h2-10,19H,11-14H2,1H3/t19-/m1/s1. The zero-order valence-electron chi connectivity index (χ0n) is 15.5. The summed E-state index contributed by atoms with van der Waals surface area (Å²) >= 11 is 0. The Morgan fingerprint density at radius 3 is 2.36 bits per heavy atom. The number of sulfonamides is 1. The number of amidine groups is 1. The molecular weight excluding hydrogens is 378 g/mol. The van der Waals surface area contributed by atoms with Gasteiger partial charge in [-0.25, -0.2) is 8.42 Å². The van der Waals surface area contributed by atoms with E-state index in [1.165, 1.54) is 6.92 Å². The molecule has 1 atom stereocenters. The molecule has 1 saturated heterocycles. The van der Waals surface area contributed by atoms with Crippen LogP contribution in [0.5, 0.6) is 11.5 Å². The fourth-order valence-corrected chi connectivity index (χ4v) is 4.59. The van der Waals surface area contributed by atoms with Gasteiger partial charge in [0.2, 0.25) is 5.91 Å². The van der Waals surface area contributed by atoms with Gasteiger partial charge in [-0.15, -0.1) is 4.40 Å². The maximum absolute atomic E-state index is 12.2. The third-order valence-corrected chi connectivity index (χ3v) is 6.09. The molecule has 0 saturated carbocycles. The summed E-state index contributed by atoms with van der Waals surface area (Å²) in [7, 11) is -3.51. The monoisotopic (exact) mass is 399 g/mol. The van der Waals surface area contributed by atoms with E-state index in [0.29, 0.717) is 31.2 Å². The molecule has 0 unspecified atom stereocenters. The molecule has 1 fully saturated rings. The molecule has 0 aromatic heterocycles. The number of hydrogen-bond donors (Lipinski definition) is 0. The Labute approximate surface area is 164 Å². The minimum atomic E-state index is -3.51. The van der Waals surface area contributed by atoms with E-state index in [2.05, 4.69) is 4.40 Å². The molecule has 0 radical (unpaired) electrons. The highest BCUT2D eigenvalue weighted by Gasteiger charge is 2.39. The summed E-state index contributed by atoms with van der Waals surface area (Å²) < 4.78 is 34.0. The fourth-order valence-electron chi connectivity index (χ4n) is 3.54. The second-order valence-corrected chi connectivity index (χ2v) is 8.58. The van der Waals surface area contributed by atoms with Crippen molar-refractivity contribution < 1.29 is 17.9 Å². The van der Waals surface area contributed by atoms with Gasteiger partial charge in [0.1, 0.15) is 23.4 Å². The van der Waals surface area contributed by atoms with Gasteiger partial charge in [-0.1, -0.05) is 30.3 Å². The van der Waals surface area contributed by atoms with Gasteiger partial charge in [0.15, 0.2) is 0 Å². The second-order valence-electron chi connectivity index (χ2n) is 6.82. The van der Waals surface area contributed by atoms with Gasteiger partial charge in [-0.2, -0.15) is 0 Å².